The Morgan fingerprint density at radius 3 is 2.69 bits per heavy atom. The summed E-state index contributed by atoms with van der Waals surface area (Å²) in [7, 11) is 0. The van der Waals surface area contributed by atoms with E-state index >= 15 is 0 Å². The number of ether oxygens (including phenoxy) is 1. The first kappa shape index (κ1) is 17.4. The van der Waals surface area contributed by atoms with Gasteiger partial charge in [-0.15, -0.1) is 0 Å². The van der Waals surface area contributed by atoms with E-state index in [4.69, 9.17) is 9.15 Å². The van der Waals surface area contributed by atoms with Crippen LogP contribution in [-0.4, -0.2) is 5.60 Å². The highest BCUT2D eigenvalue weighted by Crippen LogP contribution is 2.52. The molecule has 1 aliphatic carbocycles. The fourth-order valence-electron chi connectivity index (χ4n) is 4.85. The second-order valence-electron chi connectivity index (χ2n) is 8.57. The van der Waals surface area contributed by atoms with Gasteiger partial charge in [0.1, 0.15) is 17.1 Å². The van der Waals surface area contributed by atoms with Gasteiger partial charge < -0.3 is 9.15 Å². The monoisotopic (exact) mass is 352 g/mol. The van der Waals surface area contributed by atoms with Gasteiger partial charge in [-0.3, -0.25) is 0 Å². The van der Waals surface area contributed by atoms with Crippen LogP contribution in [0.5, 0.6) is 5.75 Å². The van der Waals surface area contributed by atoms with Crippen molar-refractivity contribution in [3.8, 4) is 5.75 Å². The summed E-state index contributed by atoms with van der Waals surface area (Å²) in [5, 5.41) is 0. The van der Waals surface area contributed by atoms with E-state index in [2.05, 4.69) is 32.9 Å². The van der Waals surface area contributed by atoms with Crippen LogP contribution in [0, 0.1) is 11.8 Å². The molecule has 3 heteroatoms. The minimum Gasteiger partial charge on any atom is -0.487 e. The van der Waals surface area contributed by atoms with Crippen molar-refractivity contribution >= 4 is 0 Å². The normalized spacial score (nSPS) is 27.1. The maximum atomic E-state index is 12.8. The van der Waals surface area contributed by atoms with Crippen molar-refractivity contribution in [1.82, 2.24) is 0 Å². The summed E-state index contributed by atoms with van der Waals surface area (Å²) in [5.41, 5.74) is 1.69. The molecule has 1 aromatic heterocycles. The Labute approximate surface area is 155 Å². The number of benzene rings is 1. The van der Waals surface area contributed by atoms with Crippen molar-refractivity contribution in [2.75, 3.05) is 0 Å². The van der Waals surface area contributed by atoms with E-state index in [1.54, 1.807) is 0 Å². The summed E-state index contributed by atoms with van der Waals surface area (Å²) in [4.78, 5) is 12.8. The zero-order valence-corrected chi connectivity index (χ0v) is 16.0. The zero-order chi connectivity index (χ0) is 18.3. The predicted molar refractivity (Wildman–Crippen MR) is 103 cm³/mol. The zero-order valence-electron chi connectivity index (χ0n) is 16.0. The van der Waals surface area contributed by atoms with Crippen LogP contribution in [0.4, 0.5) is 0 Å². The molecule has 3 atom stereocenters. The smallest absolute Gasteiger partial charge is 0.343 e. The van der Waals surface area contributed by atoms with Gasteiger partial charge in [-0.2, -0.15) is 0 Å². The second-order valence-corrected chi connectivity index (χ2v) is 8.57. The summed E-state index contributed by atoms with van der Waals surface area (Å²) >= 11 is 0. The minimum atomic E-state index is -0.190. The number of hydrogen-bond donors (Lipinski definition) is 0. The molecular weight excluding hydrogens is 324 g/mol. The van der Waals surface area contributed by atoms with Crippen molar-refractivity contribution in [3.05, 3.63) is 63.7 Å². The van der Waals surface area contributed by atoms with E-state index < -0.39 is 0 Å². The molecule has 1 saturated carbocycles. The molecule has 1 fully saturated rings. The molecule has 0 unspecified atom stereocenters. The number of fused-ring (bicyclic) bond motifs is 4. The van der Waals surface area contributed by atoms with Gasteiger partial charge in [-0.1, -0.05) is 44.2 Å². The largest absolute Gasteiger partial charge is 0.487 e. The molecular formula is C23H28O3. The van der Waals surface area contributed by atoms with Gasteiger partial charge in [-0.05, 0) is 50.0 Å². The fraction of sp³-hybridized carbons (Fsp3) is 0.522. The predicted octanol–water partition coefficient (Wildman–Crippen LogP) is 5.12. The van der Waals surface area contributed by atoms with E-state index in [1.165, 1.54) is 5.56 Å². The average molecular weight is 352 g/mol. The second kappa shape index (κ2) is 6.61. The molecule has 2 aliphatic rings. The van der Waals surface area contributed by atoms with Gasteiger partial charge >= 0.3 is 5.63 Å². The molecule has 0 radical (unpaired) electrons. The molecule has 0 spiro atoms. The third-order valence-electron chi connectivity index (χ3n) is 6.26. The van der Waals surface area contributed by atoms with Crippen molar-refractivity contribution in [2.45, 2.75) is 64.4 Å². The molecule has 2 aromatic rings. The van der Waals surface area contributed by atoms with E-state index in [9.17, 15) is 4.79 Å². The maximum absolute atomic E-state index is 12.8. The Balaban J connectivity index is 1.65. The summed E-state index contributed by atoms with van der Waals surface area (Å²) in [6.45, 7) is 6.72. The van der Waals surface area contributed by atoms with Crippen molar-refractivity contribution in [1.29, 1.82) is 0 Å². The highest BCUT2D eigenvalue weighted by molar-refractivity contribution is 5.39. The van der Waals surface area contributed by atoms with Gasteiger partial charge in [0.25, 0.3) is 0 Å². The molecule has 1 aromatic carbocycles. The molecule has 2 heterocycles. The number of rotatable bonds is 4. The highest BCUT2D eigenvalue weighted by Gasteiger charge is 2.47. The minimum absolute atomic E-state index is 0.145. The van der Waals surface area contributed by atoms with Gasteiger partial charge in [0.2, 0.25) is 0 Å². The summed E-state index contributed by atoms with van der Waals surface area (Å²) in [5.74, 6) is 2.85. The summed E-state index contributed by atoms with van der Waals surface area (Å²) in [6, 6.07) is 12.3. The molecule has 0 saturated heterocycles. The third kappa shape index (κ3) is 3.20. The molecule has 0 amide bonds. The van der Waals surface area contributed by atoms with Crippen LogP contribution in [0.25, 0.3) is 0 Å². The van der Waals surface area contributed by atoms with Crippen molar-refractivity contribution in [3.63, 3.8) is 0 Å². The first-order valence-electron chi connectivity index (χ1n) is 9.85. The van der Waals surface area contributed by atoms with Crippen LogP contribution in [0.2, 0.25) is 0 Å². The molecule has 138 valence electrons. The van der Waals surface area contributed by atoms with E-state index in [0.717, 1.165) is 42.8 Å². The van der Waals surface area contributed by atoms with Gasteiger partial charge in [0.05, 0.1) is 5.56 Å². The van der Waals surface area contributed by atoms with Crippen LogP contribution in [0.1, 0.15) is 62.8 Å². The van der Waals surface area contributed by atoms with Gasteiger partial charge in [-0.25, -0.2) is 4.79 Å². The topological polar surface area (TPSA) is 39.4 Å². The van der Waals surface area contributed by atoms with E-state index in [-0.39, 0.29) is 17.1 Å². The SMILES string of the molecule is CC(C)[C@H]1CC[C@@]2(C)C[C@@H]1c1c(cc(CCc3ccccc3)oc1=O)O2. The van der Waals surface area contributed by atoms with Crippen LogP contribution in [-0.2, 0) is 12.8 Å². The Kier molecular flexibility index (Phi) is 4.42. The van der Waals surface area contributed by atoms with Crippen LogP contribution in [0.3, 0.4) is 0 Å². The highest BCUT2D eigenvalue weighted by atomic mass is 16.5. The number of aryl methyl sites for hydroxylation is 2. The Bertz CT molecular complexity index is 836. The Hall–Kier alpha value is -2.03. The third-order valence-corrected chi connectivity index (χ3v) is 6.26. The van der Waals surface area contributed by atoms with Gasteiger partial charge in [0.15, 0.2) is 0 Å². The van der Waals surface area contributed by atoms with Crippen molar-refractivity contribution < 1.29 is 9.15 Å². The molecule has 26 heavy (non-hydrogen) atoms. The lowest BCUT2D eigenvalue weighted by Crippen LogP contribution is -2.46. The number of hydrogen-bond acceptors (Lipinski definition) is 3. The molecule has 2 bridgehead atoms. The van der Waals surface area contributed by atoms with Gasteiger partial charge in [0, 0.05) is 18.4 Å². The fourth-order valence-corrected chi connectivity index (χ4v) is 4.85. The molecule has 1 aliphatic heterocycles. The lowest BCUT2D eigenvalue weighted by molar-refractivity contribution is -0.00997. The van der Waals surface area contributed by atoms with Crippen molar-refractivity contribution in [2.24, 2.45) is 11.8 Å². The van der Waals surface area contributed by atoms with E-state index in [0.29, 0.717) is 18.3 Å². The lowest BCUT2D eigenvalue weighted by atomic mass is 9.64. The molecule has 4 rings (SSSR count). The average Bonchev–Trinajstić information content (AvgIpc) is 2.59. The lowest BCUT2D eigenvalue weighted by Gasteiger charge is -2.48. The Morgan fingerprint density at radius 2 is 1.96 bits per heavy atom. The van der Waals surface area contributed by atoms with Crippen LogP contribution >= 0.6 is 0 Å². The summed E-state index contributed by atoms with van der Waals surface area (Å²) < 4.78 is 12.0. The standard InChI is InChI=1S/C23H28O3/c1-15(2)18-11-12-23(3)14-19(18)21-20(26-23)13-17(25-22(21)24)10-9-16-7-5-4-6-8-16/h4-8,13,15,18-19H,9-12,14H2,1-3H3/t18-,19+,23+/m1/s1. The first-order chi connectivity index (χ1) is 12.5. The van der Waals surface area contributed by atoms with E-state index in [1.807, 2.05) is 24.3 Å². The van der Waals surface area contributed by atoms with Crippen LogP contribution in [0.15, 0.2) is 45.6 Å². The van der Waals surface area contributed by atoms with Crippen LogP contribution < -0.4 is 10.4 Å². The maximum Gasteiger partial charge on any atom is 0.343 e. The quantitative estimate of drug-likeness (QED) is 0.767. The first-order valence-corrected chi connectivity index (χ1v) is 9.85. The summed E-state index contributed by atoms with van der Waals surface area (Å²) in [6.07, 6.45) is 4.68. The molecule has 0 N–H and O–H groups in total. The Morgan fingerprint density at radius 1 is 1.19 bits per heavy atom. The molecule has 3 nitrogen and oxygen atoms in total.